The third-order valence-electron chi connectivity index (χ3n) is 2.26. The van der Waals surface area contributed by atoms with E-state index in [2.05, 4.69) is 37.4 Å². The maximum Gasteiger partial charge on any atom is 0.133 e. The van der Waals surface area contributed by atoms with Crippen LogP contribution in [0.25, 0.3) is 0 Å². The lowest BCUT2D eigenvalue weighted by molar-refractivity contribution is 0.923. The van der Waals surface area contributed by atoms with Crippen LogP contribution in [0.4, 0.5) is 0 Å². The molecule has 0 aromatic heterocycles. The molecule has 0 fully saturated rings. The van der Waals surface area contributed by atoms with Crippen LogP contribution in [0.3, 0.4) is 0 Å². The fourth-order valence-electron chi connectivity index (χ4n) is 1.45. The molecule has 74 valence electrons. The van der Waals surface area contributed by atoms with Gasteiger partial charge in [0, 0.05) is 5.75 Å². The van der Waals surface area contributed by atoms with Crippen LogP contribution in [0.15, 0.2) is 18.2 Å². The highest BCUT2D eigenvalue weighted by atomic mass is 32.2. The standard InChI is InChI=1S/C12H15NS/c1-10-5-6-11(2)12(8-10)4-3-7-14-9-13/h5-6,8H,3-4,7H2,1-2H3. The number of benzene rings is 1. The van der Waals surface area contributed by atoms with Crippen LogP contribution >= 0.6 is 11.8 Å². The van der Waals surface area contributed by atoms with E-state index in [4.69, 9.17) is 5.26 Å². The third-order valence-corrected chi connectivity index (χ3v) is 2.88. The van der Waals surface area contributed by atoms with E-state index in [0.29, 0.717) is 0 Å². The zero-order chi connectivity index (χ0) is 10.4. The van der Waals surface area contributed by atoms with E-state index in [1.807, 2.05) is 0 Å². The molecular formula is C12H15NS. The fourth-order valence-corrected chi connectivity index (χ4v) is 1.83. The summed E-state index contributed by atoms with van der Waals surface area (Å²) in [4.78, 5) is 0. The number of aryl methyl sites for hydroxylation is 3. The number of hydrogen-bond acceptors (Lipinski definition) is 2. The summed E-state index contributed by atoms with van der Waals surface area (Å²) in [5.74, 6) is 0.934. The lowest BCUT2D eigenvalue weighted by Crippen LogP contribution is -1.92. The Bertz CT molecular complexity index is 339. The smallest absolute Gasteiger partial charge is 0.133 e. The minimum Gasteiger partial charge on any atom is -0.185 e. The Morgan fingerprint density at radius 1 is 1.36 bits per heavy atom. The van der Waals surface area contributed by atoms with Gasteiger partial charge < -0.3 is 0 Å². The molecule has 2 heteroatoms. The first-order valence-corrected chi connectivity index (χ1v) is 5.79. The molecule has 0 atom stereocenters. The minimum atomic E-state index is 0.934. The molecule has 0 aliphatic rings. The predicted molar refractivity (Wildman–Crippen MR) is 62.3 cm³/mol. The van der Waals surface area contributed by atoms with Crippen LogP contribution in [0.5, 0.6) is 0 Å². The van der Waals surface area contributed by atoms with Gasteiger partial charge in [-0.2, -0.15) is 5.26 Å². The maximum atomic E-state index is 8.38. The van der Waals surface area contributed by atoms with Gasteiger partial charge in [-0.15, -0.1) is 0 Å². The van der Waals surface area contributed by atoms with Gasteiger partial charge in [-0.1, -0.05) is 23.8 Å². The minimum absolute atomic E-state index is 0.934. The monoisotopic (exact) mass is 205 g/mol. The van der Waals surface area contributed by atoms with Gasteiger partial charge in [-0.25, -0.2) is 0 Å². The van der Waals surface area contributed by atoms with E-state index in [9.17, 15) is 0 Å². The summed E-state index contributed by atoms with van der Waals surface area (Å²) >= 11 is 1.34. The first-order chi connectivity index (χ1) is 6.74. The molecule has 0 unspecified atom stereocenters. The second-order valence-electron chi connectivity index (χ2n) is 3.47. The summed E-state index contributed by atoms with van der Waals surface area (Å²) in [5.41, 5.74) is 4.10. The van der Waals surface area contributed by atoms with Crippen molar-refractivity contribution in [3.8, 4) is 5.40 Å². The highest BCUT2D eigenvalue weighted by Crippen LogP contribution is 2.13. The van der Waals surface area contributed by atoms with Crippen molar-refractivity contribution in [3.05, 3.63) is 34.9 Å². The van der Waals surface area contributed by atoms with Gasteiger partial charge in [0.2, 0.25) is 0 Å². The number of thioether (sulfide) groups is 1. The maximum absolute atomic E-state index is 8.38. The quantitative estimate of drug-likeness (QED) is 0.555. The molecule has 0 heterocycles. The fraction of sp³-hybridized carbons (Fsp3) is 0.417. The zero-order valence-electron chi connectivity index (χ0n) is 8.71. The molecule has 0 amide bonds. The van der Waals surface area contributed by atoms with E-state index in [-0.39, 0.29) is 0 Å². The summed E-state index contributed by atoms with van der Waals surface area (Å²) in [6, 6.07) is 6.55. The molecule has 1 aromatic rings. The molecule has 1 rings (SSSR count). The van der Waals surface area contributed by atoms with Crippen molar-refractivity contribution in [1.82, 2.24) is 0 Å². The average molecular weight is 205 g/mol. The van der Waals surface area contributed by atoms with Gasteiger partial charge in [0.1, 0.15) is 5.40 Å². The SMILES string of the molecule is Cc1ccc(C)c(CCCSC#N)c1. The van der Waals surface area contributed by atoms with E-state index < -0.39 is 0 Å². The molecule has 1 aromatic carbocycles. The van der Waals surface area contributed by atoms with Crippen molar-refractivity contribution in [2.75, 3.05) is 5.75 Å². The van der Waals surface area contributed by atoms with Crippen LogP contribution in [0.1, 0.15) is 23.1 Å². The normalized spacial score (nSPS) is 9.79. The number of nitriles is 1. The topological polar surface area (TPSA) is 23.8 Å². The van der Waals surface area contributed by atoms with Crippen LogP contribution < -0.4 is 0 Å². The largest absolute Gasteiger partial charge is 0.185 e. The summed E-state index contributed by atoms with van der Waals surface area (Å²) in [6.07, 6.45) is 2.17. The third kappa shape index (κ3) is 3.43. The van der Waals surface area contributed by atoms with Crippen LogP contribution in [-0.4, -0.2) is 5.75 Å². The van der Waals surface area contributed by atoms with Crippen molar-refractivity contribution >= 4 is 11.8 Å². The summed E-state index contributed by atoms with van der Waals surface area (Å²) < 4.78 is 0. The number of nitrogens with zero attached hydrogens (tertiary/aromatic N) is 1. The number of thiocyanates is 1. The molecule has 0 N–H and O–H groups in total. The molecule has 0 aliphatic heterocycles. The lowest BCUT2D eigenvalue weighted by atomic mass is 10.0. The van der Waals surface area contributed by atoms with Gasteiger partial charge in [0.05, 0.1) is 0 Å². The zero-order valence-corrected chi connectivity index (χ0v) is 9.53. The first kappa shape index (κ1) is 11.1. The van der Waals surface area contributed by atoms with Crippen molar-refractivity contribution in [3.63, 3.8) is 0 Å². The van der Waals surface area contributed by atoms with Gasteiger partial charge in [0.15, 0.2) is 0 Å². The van der Waals surface area contributed by atoms with Crippen LogP contribution in [0, 0.1) is 24.5 Å². The van der Waals surface area contributed by atoms with Crippen molar-refractivity contribution < 1.29 is 0 Å². The van der Waals surface area contributed by atoms with Crippen LogP contribution in [-0.2, 0) is 6.42 Å². The lowest BCUT2D eigenvalue weighted by Gasteiger charge is -2.05. The van der Waals surface area contributed by atoms with Crippen molar-refractivity contribution in [2.24, 2.45) is 0 Å². The van der Waals surface area contributed by atoms with E-state index in [1.54, 1.807) is 0 Å². The van der Waals surface area contributed by atoms with E-state index >= 15 is 0 Å². The molecule has 0 aliphatic carbocycles. The van der Waals surface area contributed by atoms with E-state index in [0.717, 1.165) is 18.6 Å². The van der Waals surface area contributed by atoms with Gasteiger partial charge in [-0.05, 0) is 49.6 Å². The van der Waals surface area contributed by atoms with E-state index in [1.165, 1.54) is 28.5 Å². The van der Waals surface area contributed by atoms with Gasteiger partial charge >= 0.3 is 0 Å². The Hall–Kier alpha value is -0.940. The summed E-state index contributed by atoms with van der Waals surface area (Å²) in [7, 11) is 0. The number of rotatable bonds is 4. The molecule has 1 nitrogen and oxygen atoms in total. The highest BCUT2D eigenvalue weighted by Gasteiger charge is 1.98. The molecular weight excluding hydrogens is 190 g/mol. The Labute approximate surface area is 90.1 Å². The molecule has 0 radical (unpaired) electrons. The molecule has 0 saturated carbocycles. The molecule has 0 bridgehead atoms. The second kappa shape index (κ2) is 5.72. The highest BCUT2D eigenvalue weighted by molar-refractivity contribution is 8.03. The molecule has 0 saturated heterocycles. The average Bonchev–Trinajstić information content (AvgIpc) is 2.18. The molecule has 0 spiro atoms. The second-order valence-corrected chi connectivity index (χ2v) is 4.35. The van der Waals surface area contributed by atoms with Crippen LogP contribution in [0.2, 0.25) is 0 Å². The first-order valence-electron chi connectivity index (χ1n) is 4.81. The Balaban J connectivity index is 2.50. The van der Waals surface area contributed by atoms with Crippen molar-refractivity contribution in [1.29, 1.82) is 5.26 Å². The van der Waals surface area contributed by atoms with Gasteiger partial charge in [-0.3, -0.25) is 0 Å². The molecule has 14 heavy (non-hydrogen) atoms. The predicted octanol–water partition coefficient (Wildman–Crippen LogP) is 3.45. The Morgan fingerprint density at radius 2 is 2.14 bits per heavy atom. The summed E-state index contributed by atoms with van der Waals surface area (Å²) in [6.45, 7) is 4.26. The number of hydrogen-bond donors (Lipinski definition) is 0. The Kier molecular flexibility index (Phi) is 4.55. The van der Waals surface area contributed by atoms with Gasteiger partial charge in [0.25, 0.3) is 0 Å². The Morgan fingerprint density at radius 3 is 2.86 bits per heavy atom. The summed E-state index contributed by atoms with van der Waals surface area (Å²) in [5, 5.41) is 10.5. The van der Waals surface area contributed by atoms with Crippen molar-refractivity contribution in [2.45, 2.75) is 26.7 Å².